The molecule has 3 rings (SSSR count). The van der Waals surface area contributed by atoms with Crippen LogP contribution in [0.15, 0.2) is 18.5 Å². The van der Waals surface area contributed by atoms with Crippen LogP contribution in [0.3, 0.4) is 0 Å². The van der Waals surface area contributed by atoms with Gasteiger partial charge in [0.15, 0.2) is 0 Å². The summed E-state index contributed by atoms with van der Waals surface area (Å²) in [5.41, 5.74) is 1.10. The van der Waals surface area contributed by atoms with Crippen molar-refractivity contribution < 1.29 is 19.2 Å². The molecule has 1 aromatic heterocycles. The Kier molecular flexibility index (Phi) is 5.75. The first-order valence-corrected chi connectivity index (χ1v) is 10.3. The van der Waals surface area contributed by atoms with E-state index in [1.807, 2.05) is 40.0 Å². The van der Waals surface area contributed by atoms with Crippen molar-refractivity contribution in [3.8, 4) is 0 Å². The maximum absolute atomic E-state index is 11.7. The number of carbonyl (C=O) groups is 1. The molecule has 1 amide bonds. The number of pyridine rings is 1. The smallest absolute Gasteiger partial charge is 0.465 e. The highest BCUT2D eigenvalue weighted by atomic mass is 16.7. The van der Waals surface area contributed by atoms with Crippen molar-refractivity contribution in [2.45, 2.75) is 72.3 Å². The van der Waals surface area contributed by atoms with Gasteiger partial charge in [0.05, 0.1) is 17.2 Å². The summed E-state index contributed by atoms with van der Waals surface area (Å²) < 4.78 is 12.5. The SMILES string of the molecule is CC(C)(C)C1CN(Cc2ccncc2B2OC(C)(C)C(C)(C)O2)CCN1C(=O)O. The predicted molar refractivity (Wildman–Crippen MR) is 113 cm³/mol. The average Bonchev–Trinajstić information content (AvgIpc) is 2.82. The number of nitrogens with zero attached hydrogens (tertiary/aromatic N) is 3. The molecule has 160 valence electrons. The zero-order valence-electron chi connectivity index (χ0n) is 18.7. The van der Waals surface area contributed by atoms with E-state index in [4.69, 9.17) is 9.31 Å². The summed E-state index contributed by atoms with van der Waals surface area (Å²) in [5.74, 6) is 0. The Hall–Kier alpha value is -1.64. The van der Waals surface area contributed by atoms with Crippen LogP contribution in [0.1, 0.15) is 54.0 Å². The second-order valence-electron chi connectivity index (χ2n) is 10.3. The van der Waals surface area contributed by atoms with Crippen LogP contribution in [-0.2, 0) is 15.9 Å². The van der Waals surface area contributed by atoms with Gasteiger partial charge in [-0.1, -0.05) is 20.8 Å². The molecule has 0 saturated carbocycles. The van der Waals surface area contributed by atoms with Crippen molar-refractivity contribution in [3.05, 3.63) is 24.0 Å². The normalized spacial score (nSPS) is 24.7. The molecule has 3 heterocycles. The molecular weight excluding hydrogens is 369 g/mol. The first kappa shape index (κ1) is 22.1. The Bertz CT molecular complexity index is 747. The van der Waals surface area contributed by atoms with Crippen molar-refractivity contribution in [1.82, 2.24) is 14.8 Å². The van der Waals surface area contributed by atoms with Crippen molar-refractivity contribution >= 4 is 18.7 Å². The summed E-state index contributed by atoms with van der Waals surface area (Å²) in [6, 6.07) is 1.95. The van der Waals surface area contributed by atoms with Gasteiger partial charge >= 0.3 is 13.2 Å². The van der Waals surface area contributed by atoms with E-state index >= 15 is 0 Å². The molecule has 0 radical (unpaired) electrons. The molecule has 29 heavy (non-hydrogen) atoms. The molecule has 1 atom stereocenters. The van der Waals surface area contributed by atoms with Gasteiger partial charge in [-0.25, -0.2) is 4.79 Å². The summed E-state index contributed by atoms with van der Waals surface area (Å²) in [5, 5.41) is 9.60. The topological polar surface area (TPSA) is 75.1 Å². The molecule has 2 saturated heterocycles. The molecule has 0 spiro atoms. The Morgan fingerprint density at radius 3 is 2.41 bits per heavy atom. The molecule has 7 nitrogen and oxygen atoms in total. The molecule has 2 aliphatic heterocycles. The van der Waals surface area contributed by atoms with Gasteiger partial charge < -0.3 is 19.3 Å². The number of hydrogen-bond donors (Lipinski definition) is 1. The highest BCUT2D eigenvalue weighted by molar-refractivity contribution is 6.62. The average molecular weight is 403 g/mol. The van der Waals surface area contributed by atoms with Crippen molar-refractivity contribution in [2.24, 2.45) is 5.41 Å². The summed E-state index contributed by atoms with van der Waals surface area (Å²) in [6.07, 6.45) is 2.77. The molecule has 0 aromatic carbocycles. The highest BCUT2D eigenvalue weighted by Gasteiger charge is 2.52. The number of amides is 1. The molecule has 1 aromatic rings. The molecule has 2 fully saturated rings. The van der Waals surface area contributed by atoms with Crippen LogP contribution in [0.25, 0.3) is 0 Å². The van der Waals surface area contributed by atoms with E-state index in [9.17, 15) is 9.90 Å². The van der Waals surface area contributed by atoms with E-state index in [2.05, 4.69) is 30.7 Å². The standard InChI is InChI=1S/C21H34BN3O4/c1-19(2,3)17-14-24(10-11-25(17)18(26)27)13-15-8-9-23-12-16(15)22-28-20(4,5)21(6,7)29-22/h8-9,12,17H,10-11,13-14H2,1-7H3,(H,26,27). The second kappa shape index (κ2) is 7.56. The van der Waals surface area contributed by atoms with Gasteiger partial charge in [0.1, 0.15) is 0 Å². The fraction of sp³-hybridized carbons (Fsp3) is 0.714. The third-order valence-electron chi connectivity index (χ3n) is 6.56. The molecule has 0 aliphatic carbocycles. The molecule has 8 heteroatoms. The molecule has 1 N–H and O–H groups in total. The van der Waals surface area contributed by atoms with Crippen molar-refractivity contribution in [3.63, 3.8) is 0 Å². The lowest BCUT2D eigenvalue weighted by atomic mass is 9.77. The minimum absolute atomic E-state index is 0.0594. The Morgan fingerprint density at radius 1 is 1.24 bits per heavy atom. The second-order valence-corrected chi connectivity index (χ2v) is 10.3. The lowest BCUT2D eigenvalue weighted by Crippen LogP contribution is -2.59. The largest absolute Gasteiger partial charge is 0.496 e. The highest BCUT2D eigenvalue weighted by Crippen LogP contribution is 2.36. The van der Waals surface area contributed by atoms with Crippen molar-refractivity contribution in [1.29, 1.82) is 0 Å². The number of aromatic nitrogens is 1. The zero-order chi connectivity index (χ0) is 21.6. The minimum Gasteiger partial charge on any atom is -0.465 e. The van der Waals surface area contributed by atoms with Crippen molar-refractivity contribution in [2.75, 3.05) is 19.6 Å². The van der Waals surface area contributed by atoms with Gasteiger partial charge in [-0.3, -0.25) is 9.88 Å². The first-order valence-electron chi connectivity index (χ1n) is 10.3. The molecule has 2 aliphatic rings. The van der Waals surface area contributed by atoms with E-state index in [1.54, 1.807) is 11.1 Å². The third kappa shape index (κ3) is 4.44. The number of rotatable bonds is 3. The van der Waals surface area contributed by atoms with E-state index in [0.717, 1.165) is 11.0 Å². The predicted octanol–water partition coefficient (Wildman–Crippen LogP) is 2.59. The lowest BCUT2D eigenvalue weighted by molar-refractivity contribution is 0.00578. The Labute approximate surface area is 174 Å². The van der Waals surface area contributed by atoms with E-state index < -0.39 is 24.4 Å². The van der Waals surface area contributed by atoms with Crippen LogP contribution in [0, 0.1) is 5.41 Å². The maximum Gasteiger partial charge on any atom is 0.496 e. The number of hydrogen-bond acceptors (Lipinski definition) is 5. The Balaban J connectivity index is 1.79. The number of piperazine rings is 1. The van der Waals surface area contributed by atoms with Crippen LogP contribution in [0.2, 0.25) is 0 Å². The van der Waals surface area contributed by atoms with Gasteiger partial charge in [0.25, 0.3) is 0 Å². The van der Waals surface area contributed by atoms with Crippen LogP contribution in [0.4, 0.5) is 4.79 Å². The quantitative estimate of drug-likeness (QED) is 0.782. The van der Waals surface area contributed by atoms with Crippen LogP contribution in [-0.4, -0.2) is 70.0 Å². The number of carboxylic acid groups (broad SMARTS) is 1. The van der Waals surface area contributed by atoms with Crippen LogP contribution in [0.5, 0.6) is 0 Å². The van der Waals surface area contributed by atoms with E-state index in [-0.39, 0.29) is 11.5 Å². The van der Waals surface area contributed by atoms with Crippen LogP contribution < -0.4 is 5.46 Å². The summed E-state index contributed by atoms with van der Waals surface area (Å²) in [4.78, 5) is 19.9. The summed E-state index contributed by atoms with van der Waals surface area (Å²) in [6.45, 7) is 17.1. The van der Waals surface area contributed by atoms with Gasteiger partial charge in [0.2, 0.25) is 0 Å². The Morgan fingerprint density at radius 2 is 1.86 bits per heavy atom. The van der Waals surface area contributed by atoms with Gasteiger partial charge in [-0.2, -0.15) is 0 Å². The molecule has 1 unspecified atom stereocenters. The lowest BCUT2D eigenvalue weighted by Gasteiger charge is -2.46. The minimum atomic E-state index is -0.841. The monoisotopic (exact) mass is 403 g/mol. The van der Waals surface area contributed by atoms with Gasteiger partial charge in [0, 0.05) is 44.0 Å². The fourth-order valence-corrected chi connectivity index (χ4v) is 3.96. The first-order chi connectivity index (χ1) is 13.3. The van der Waals surface area contributed by atoms with E-state index in [1.165, 1.54) is 0 Å². The zero-order valence-corrected chi connectivity index (χ0v) is 18.7. The molecular formula is C21H34BN3O4. The van der Waals surface area contributed by atoms with Gasteiger partial charge in [-0.15, -0.1) is 0 Å². The fourth-order valence-electron chi connectivity index (χ4n) is 3.96. The van der Waals surface area contributed by atoms with Gasteiger partial charge in [-0.05, 0) is 44.7 Å². The maximum atomic E-state index is 11.7. The molecule has 0 bridgehead atoms. The summed E-state index contributed by atoms with van der Waals surface area (Å²) >= 11 is 0. The van der Waals surface area contributed by atoms with Crippen LogP contribution >= 0.6 is 0 Å². The summed E-state index contributed by atoms with van der Waals surface area (Å²) in [7, 11) is -0.456. The van der Waals surface area contributed by atoms with E-state index in [0.29, 0.717) is 26.2 Å². The third-order valence-corrected chi connectivity index (χ3v) is 6.56.